The zero-order valence-corrected chi connectivity index (χ0v) is 11.1. The molecule has 0 spiro atoms. The van der Waals surface area contributed by atoms with Gasteiger partial charge in [0.25, 0.3) is 0 Å². The van der Waals surface area contributed by atoms with E-state index in [1.54, 1.807) is 0 Å². The van der Waals surface area contributed by atoms with Crippen LogP contribution in [0.15, 0.2) is 0 Å². The molecule has 1 amide bonds. The molecule has 0 bridgehead atoms. The van der Waals surface area contributed by atoms with Crippen LogP contribution in [0.5, 0.6) is 0 Å². The summed E-state index contributed by atoms with van der Waals surface area (Å²) in [5.74, 6) is 2.42. The van der Waals surface area contributed by atoms with E-state index in [0.717, 1.165) is 26.2 Å². The first-order valence-corrected chi connectivity index (χ1v) is 6.09. The molecule has 4 heteroatoms. The minimum absolute atomic E-state index is 0.0171. The third kappa shape index (κ3) is 3.72. The van der Waals surface area contributed by atoms with Crippen LogP contribution in [0.25, 0.3) is 0 Å². The minimum atomic E-state index is -0.541. The molecule has 17 heavy (non-hydrogen) atoms. The fourth-order valence-corrected chi connectivity index (χ4v) is 2.05. The maximum atomic E-state index is 11.9. The number of piperazine rings is 1. The average molecular weight is 237 g/mol. The number of nitrogens with two attached hydrogens (primary N) is 1. The van der Waals surface area contributed by atoms with E-state index in [1.807, 2.05) is 4.90 Å². The van der Waals surface area contributed by atoms with Gasteiger partial charge in [-0.15, -0.1) is 12.3 Å². The summed E-state index contributed by atoms with van der Waals surface area (Å²) < 4.78 is 0. The second-order valence-electron chi connectivity index (χ2n) is 5.50. The Morgan fingerprint density at radius 3 is 2.29 bits per heavy atom. The Morgan fingerprint density at radius 1 is 1.35 bits per heavy atom. The summed E-state index contributed by atoms with van der Waals surface area (Å²) in [6.45, 7) is 9.86. The number of hydrogen-bond acceptors (Lipinski definition) is 3. The molecule has 4 nitrogen and oxygen atoms in total. The predicted octanol–water partition coefficient (Wildman–Crippen LogP) is 0.280. The Kier molecular flexibility index (Phi) is 4.55. The maximum absolute atomic E-state index is 11.9. The van der Waals surface area contributed by atoms with Crippen LogP contribution in [0.1, 0.15) is 27.2 Å². The minimum Gasteiger partial charge on any atom is -0.339 e. The smallest absolute Gasteiger partial charge is 0.240 e. The molecule has 96 valence electrons. The number of rotatable bonds is 2. The van der Waals surface area contributed by atoms with Crippen molar-refractivity contribution < 1.29 is 4.79 Å². The van der Waals surface area contributed by atoms with Gasteiger partial charge in [0.15, 0.2) is 0 Å². The maximum Gasteiger partial charge on any atom is 0.240 e. The molecule has 1 saturated heterocycles. The van der Waals surface area contributed by atoms with Crippen molar-refractivity contribution in [2.45, 2.75) is 38.8 Å². The summed E-state index contributed by atoms with van der Waals surface area (Å²) in [5, 5.41) is 0. The van der Waals surface area contributed by atoms with Gasteiger partial charge in [0.2, 0.25) is 5.91 Å². The second kappa shape index (κ2) is 5.52. The Morgan fingerprint density at radius 2 is 1.88 bits per heavy atom. The number of amides is 1. The molecule has 0 aromatic rings. The molecular formula is C13H23N3O. The van der Waals surface area contributed by atoms with E-state index in [9.17, 15) is 4.79 Å². The standard InChI is InChI=1S/C13H23N3O/c1-5-6-11(14)12(17)15-7-9-16(10-8-15)13(2,3)4/h1,11H,6-10,14H2,2-4H3. The van der Waals surface area contributed by atoms with Crippen molar-refractivity contribution in [2.24, 2.45) is 5.73 Å². The molecule has 0 aliphatic carbocycles. The van der Waals surface area contributed by atoms with Crippen molar-refractivity contribution in [1.82, 2.24) is 9.80 Å². The van der Waals surface area contributed by atoms with Gasteiger partial charge in [-0.25, -0.2) is 0 Å². The molecule has 0 aromatic heterocycles. The molecule has 1 fully saturated rings. The Bertz CT molecular complexity index is 306. The van der Waals surface area contributed by atoms with Crippen LogP contribution in [0.2, 0.25) is 0 Å². The fourth-order valence-electron chi connectivity index (χ4n) is 2.05. The molecule has 1 unspecified atom stereocenters. The highest BCUT2D eigenvalue weighted by molar-refractivity contribution is 5.82. The molecular weight excluding hydrogens is 214 g/mol. The first-order valence-electron chi connectivity index (χ1n) is 6.09. The van der Waals surface area contributed by atoms with Gasteiger partial charge in [-0.1, -0.05) is 0 Å². The van der Waals surface area contributed by atoms with Gasteiger partial charge in [0.1, 0.15) is 0 Å². The molecule has 1 aliphatic rings. The first kappa shape index (κ1) is 14.0. The van der Waals surface area contributed by atoms with Gasteiger partial charge in [0.05, 0.1) is 6.04 Å². The third-order valence-corrected chi connectivity index (χ3v) is 3.19. The molecule has 0 radical (unpaired) electrons. The van der Waals surface area contributed by atoms with Crippen molar-refractivity contribution >= 4 is 5.91 Å². The number of terminal acetylenes is 1. The Balaban J connectivity index is 2.47. The Hall–Kier alpha value is -1.05. The lowest BCUT2D eigenvalue weighted by Gasteiger charge is -2.42. The van der Waals surface area contributed by atoms with E-state index in [1.165, 1.54) is 0 Å². The van der Waals surface area contributed by atoms with Crippen LogP contribution in [0, 0.1) is 12.3 Å². The van der Waals surface area contributed by atoms with Crippen LogP contribution in [-0.4, -0.2) is 53.5 Å². The van der Waals surface area contributed by atoms with Crippen molar-refractivity contribution in [2.75, 3.05) is 26.2 Å². The normalized spacial score (nSPS) is 19.8. The summed E-state index contributed by atoms with van der Waals surface area (Å²) in [6, 6.07) is -0.541. The highest BCUT2D eigenvalue weighted by Crippen LogP contribution is 2.16. The van der Waals surface area contributed by atoms with E-state index in [-0.39, 0.29) is 11.4 Å². The second-order valence-corrected chi connectivity index (χ2v) is 5.50. The van der Waals surface area contributed by atoms with Crippen LogP contribution in [-0.2, 0) is 4.79 Å². The lowest BCUT2D eigenvalue weighted by molar-refractivity contribution is -0.135. The van der Waals surface area contributed by atoms with E-state index in [4.69, 9.17) is 12.2 Å². The third-order valence-electron chi connectivity index (χ3n) is 3.19. The van der Waals surface area contributed by atoms with E-state index < -0.39 is 6.04 Å². The van der Waals surface area contributed by atoms with Crippen LogP contribution in [0.4, 0.5) is 0 Å². The van der Waals surface area contributed by atoms with Crippen LogP contribution >= 0.6 is 0 Å². The number of carbonyl (C=O) groups excluding carboxylic acids is 1. The lowest BCUT2D eigenvalue weighted by atomic mass is 10.0. The van der Waals surface area contributed by atoms with Crippen LogP contribution < -0.4 is 5.73 Å². The monoisotopic (exact) mass is 237 g/mol. The van der Waals surface area contributed by atoms with Gasteiger partial charge >= 0.3 is 0 Å². The summed E-state index contributed by atoms with van der Waals surface area (Å²) in [6.07, 6.45) is 5.48. The van der Waals surface area contributed by atoms with Crippen molar-refractivity contribution in [3.63, 3.8) is 0 Å². The lowest BCUT2D eigenvalue weighted by Crippen LogP contribution is -2.57. The van der Waals surface area contributed by atoms with Crippen molar-refractivity contribution in [3.8, 4) is 12.3 Å². The molecule has 0 saturated carbocycles. The highest BCUT2D eigenvalue weighted by Gasteiger charge is 2.29. The fraction of sp³-hybridized carbons (Fsp3) is 0.769. The van der Waals surface area contributed by atoms with Crippen LogP contribution in [0.3, 0.4) is 0 Å². The molecule has 2 N–H and O–H groups in total. The highest BCUT2D eigenvalue weighted by atomic mass is 16.2. The summed E-state index contributed by atoms with van der Waals surface area (Å²) in [7, 11) is 0. The Labute approximate surface area is 104 Å². The first-order chi connectivity index (χ1) is 7.86. The molecule has 0 aromatic carbocycles. The predicted molar refractivity (Wildman–Crippen MR) is 69.3 cm³/mol. The van der Waals surface area contributed by atoms with Crippen molar-refractivity contribution in [3.05, 3.63) is 0 Å². The van der Waals surface area contributed by atoms with Gasteiger partial charge in [0, 0.05) is 38.1 Å². The number of hydrogen-bond donors (Lipinski definition) is 1. The molecule has 1 aliphatic heterocycles. The summed E-state index contributed by atoms with van der Waals surface area (Å²) >= 11 is 0. The average Bonchev–Trinajstić information content (AvgIpc) is 2.27. The van der Waals surface area contributed by atoms with Gasteiger partial charge < -0.3 is 10.6 Å². The summed E-state index contributed by atoms with van der Waals surface area (Å²) in [5.41, 5.74) is 5.89. The summed E-state index contributed by atoms with van der Waals surface area (Å²) in [4.78, 5) is 16.1. The van der Waals surface area contributed by atoms with E-state index >= 15 is 0 Å². The molecule has 1 rings (SSSR count). The number of nitrogens with zero attached hydrogens (tertiary/aromatic N) is 2. The zero-order valence-electron chi connectivity index (χ0n) is 11.1. The SMILES string of the molecule is C#CCC(N)C(=O)N1CCN(C(C)(C)C)CC1. The van der Waals surface area contributed by atoms with Crippen molar-refractivity contribution in [1.29, 1.82) is 0 Å². The van der Waals surface area contributed by atoms with Gasteiger partial charge in [-0.05, 0) is 20.8 Å². The van der Waals surface area contributed by atoms with E-state index in [2.05, 4.69) is 31.6 Å². The van der Waals surface area contributed by atoms with Gasteiger partial charge in [-0.3, -0.25) is 9.69 Å². The largest absolute Gasteiger partial charge is 0.339 e. The van der Waals surface area contributed by atoms with Gasteiger partial charge in [-0.2, -0.15) is 0 Å². The zero-order chi connectivity index (χ0) is 13.1. The topological polar surface area (TPSA) is 49.6 Å². The van der Waals surface area contributed by atoms with E-state index in [0.29, 0.717) is 6.42 Å². The molecule has 1 heterocycles. The molecule has 1 atom stereocenters. The quantitative estimate of drug-likeness (QED) is 0.702. The number of carbonyl (C=O) groups is 1.